The predicted molar refractivity (Wildman–Crippen MR) is 114 cm³/mol. The fraction of sp³-hybridized carbons (Fsp3) is 0.409. The molecule has 1 saturated heterocycles. The number of amides is 1. The topological polar surface area (TPSA) is 66.5 Å². The van der Waals surface area contributed by atoms with Gasteiger partial charge >= 0.3 is 0 Å². The number of anilines is 2. The van der Waals surface area contributed by atoms with E-state index in [0.29, 0.717) is 23.5 Å². The number of aryl methyl sites for hydroxylation is 3. The molecular weight excluding hydrogens is 372 g/mol. The van der Waals surface area contributed by atoms with Crippen LogP contribution in [0.3, 0.4) is 0 Å². The lowest BCUT2D eigenvalue weighted by atomic mass is 10.0. The molecule has 0 bridgehead atoms. The van der Waals surface area contributed by atoms with Crippen molar-refractivity contribution in [1.29, 1.82) is 0 Å². The van der Waals surface area contributed by atoms with Gasteiger partial charge in [-0.3, -0.25) is 9.52 Å². The molecule has 0 spiro atoms. The summed E-state index contributed by atoms with van der Waals surface area (Å²) in [6, 6.07) is 7.38. The molecule has 3 rings (SSSR count). The number of carbonyl (C=O) groups is 1. The monoisotopic (exact) mass is 400 g/mol. The summed E-state index contributed by atoms with van der Waals surface area (Å²) >= 11 is 0. The van der Waals surface area contributed by atoms with Crippen LogP contribution >= 0.6 is 0 Å². The van der Waals surface area contributed by atoms with Gasteiger partial charge in [-0.25, -0.2) is 8.42 Å². The Morgan fingerprint density at radius 2 is 1.54 bits per heavy atom. The Kier molecular flexibility index (Phi) is 5.53. The molecule has 150 valence electrons. The maximum Gasteiger partial charge on any atom is 0.262 e. The highest BCUT2D eigenvalue weighted by molar-refractivity contribution is 7.92. The number of carbonyl (C=O) groups excluding carboxylic acids is 1. The second kappa shape index (κ2) is 7.59. The third-order valence-corrected chi connectivity index (χ3v) is 7.30. The molecule has 0 radical (unpaired) electrons. The summed E-state index contributed by atoms with van der Waals surface area (Å²) in [7, 11) is -3.75. The average Bonchev–Trinajstić information content (AvgIpc) is 2.62. The van der Waals surface area contributed by atoms with Gasteiger partial charge in [-0.05, 0) is 87.4 Å². The molecule has 0 saturated carbocycles. The fourth-order valence-corrected chi connectivity index (χ4v) is 5.48. The molecule has 2 aromatic rings. The van der Waals surface area contributed by atoms with Crippen molar-refractivity contribution >= 4 is 27.3 Å². The van der Waals surface area contributed by atoms with Crippen LogP contribution in [0, 0.1) is 34.6 Å². The molecule has 1 amide bonds. The second-order valence-corrected chi connectivity index (χ2v) is 9.32. The number of rotatable bonds is 4. The van der Waals surface area contributed by atoms with Gasteiger partial charge in [0.2, 0.25) is 5.91 Å². The van der Waals surface area contributed by atoms with Gasteiger partial charge in [-0.1, -0.05) is 12.1 Å². The minimum Gasteiger partial charge on any atom is -0.312 e. The second-order valence-electron chi connectivity index (χ2n) is 7.70. The summed E-state index contributed by atoms with van der Waals surface area (Å²) in [6.45, 7) is 10.1. The number of hydrogen-bond acceptors (Lipinski definition) is 3. The Morgan fingerprint density at radius 3 is 2.14 bits per heavy atom. The van der Waals surface area contributed by atoms with Crippen molar-refractivity contribution in [3.8, 4) is 0 Å². The van der Waals surface area contributed by atoms with Crippen LogP contribution in [-0.4, -0.2) is 20.9 Å². The molecule has 2 aromatic carbocycles. The van der Waals surface area contributed by atoms with Crippen LogP contribution in [0.5, 0.6) is 0 Å². The number of sulfonamides is 1. The standard InChI is InChI=1S/C22H28N2O3S/c1-14-9-10-19(13-20(14)24-11-7-6-8-21(24)25)23-28(26,27)22-17(4)15(2)12-16(3)18(22)5/h9-10,12-13,23H,6-8,11H2,1-5H3. The van der Waals surface area contributed by atoms with Gasteiger partial charge in [0.15, 0.2) is 0 Å². The number of nitrogens with one attached hydrogen (secondary N) is 1. The van der Waals surface area contributed by atoms with Crippen LogP contribution in [0.15, 0.2) is 29.2 Å². The summed E-state index contributed by atoms with van der Waals surface area (Å²) in [5.74, 6) is 0.0929. The Balaban J connectivity index is 2.00. The van der Waals surface area contributed by atoms with E-state index in [-0.39, 0.29) is 5.91 Å². The molecule has 1 aliphatic rings. The molecule has 0 aliphatic carbocycles. The number of benzene rings is 2. The molecule has 5 nitrogen and oxygen atoms in total. The van der Waals surface area contributed by atoms with E-state index in [1.54, 1.807) is 17.0 Å². The molecule has 0 aromatic heterocycles. The summed E-state index contributed by atoms with van der Waals surface area (Å²) in [5.41, 5.74) is 5.62. The summed E-state index contributed by atoms with van der Waals surface area (Å²) in [6.07, 6.45) is 2.41. The minimum absolute atomic E-state index is 0.0929. The molecule has 1 N–H and O–H groups in total. The lowest BCUT2D eigenvalue weighted by Crippen LogP contribution is -2.35. The first-order valence-electron chi connectivity index (χ1n) is 9.63. The van der Waals surface area contributed by atoms with E-state index in [2.05, 4.69) is 4.72 Å². The van der Waals surface area contributed by atoms with Gasteiger partial charge in [-0.2, -0.15) is 0 Å². The highest BCUT2D eigenvalue weighted by atomic mass is 32.2. The Bertz CT molecular complexity index is 1020. The van der Waals surface area contributed by atoms with E-state index in [9.17, 15) is 13.2 Å². The number of hydrogen-bond donors (Lipinski definition) is 1. The van der Waals surface area contributed by atoms with Crippen molar-refractivity contribution in [3.05, 3.63) is 52.1 Å². The minimum atomic E-state index is -3.75. The first-order chi connectivity index (χ1) is 13.1. The lowest BCUT2D eigenvalue weighted by molar-refractivity contribution is -0.119. The molecule has 0 unspecified atom stereocenters. The van der Waals surface area contributed by atoms with Crippen molar-refractivity contribution in [2.45, 2.75) is 58.8 Å². The van der Waals surface area contributed by atoms with E-state index >= 15 is 0 Å². The van der Waals surface area contributed by atoms with Gasteiger partial charge in [0.25, 0.3) is 10.0 Å². The average molecular weight is 401 g/mol. The first kappa shape index (κ1) is 20.4. The molecule has 0 atom stereocenters. The molecule has 6 heteroatoms. The highest BCUT2D eigenvalue weighted by Crippen LogP contribution is 2.31. The maximum absolute atomic E-state index is 13.2. The zero-order valence-corrected chi connectivity index (χ0v) is 18.0. The van der Waals surface area contributed by atoms with E-state index in [0.717, 1.165) is 46.3 Å². The molecule has 1 aliphatic heterocycles. The Labute approximate surface area is 167 Å². The summed E-state index contributed by atoms with van der Waals surface area (Å²) in [4.78, 5) is 14.4. The zero-order chi connectivity index (χ0) is 20.6. The van der Waals surface area contributed by atoms with E-state index in [4.69, 9.17) is 0 Å². The number of nitrogens with zero attached hydrogens (tertiary/aromatic N) is 1. The van der Waals surface area contributed by atoms with Gasteiger partial charge < -0.3 is 4.90 Å². The van der Waals surface area contributed by atoms with Crippen molar-refractivity contribution < 1.29 is 13.2 Å². The van der Waals surface area contributed by atoms with Crippen molar-refractivity contribution in [2.24, 2.45) is 0 Å². The van der Waals surface area contributed by atoms with E-state index in [1.165, 1.54) is 0 Å². The van der Waals surface area contributed by atoms with Gasteiger partial charge in [0.1, 0.15) is 0 Å². The summed E-state index contributed by atoms with van der Waals surface area (Å²) in [5, 5.41) is 0. The summed E-state index contributed by atoms with van der Waals surface area (Å²) < 4.78 is 29.1. The Hall–Kier alpha value is -2.34. The quantitative estimate of drug-likeness (QED) is 0.819. The normalized spacial score (nSPS) is 15.0. The van der Waals surface area contributed by atoms with Gasteiger partial charge in [0.05, 0.1) is 10.6 Å². The highest BCUT2D eigenvalue weighted by Gasteiger charge is 2.24. The van der Waals surface area contributed by atoms with Crippen LogP contribution in [0.4, 0.5) is 11.4 Å². The molecule has 1 heterocycles. The lowest BCUT2D eigenvalue weighted by Gasteiger charge is -2.28. The van der Waals surface area contributed by atoms with Crippen molar-refractivity contribution in [1.82, 2.24) is 0 Å². The first-order valence-corrected chi connectivity index (χ1v) is 11.1. The maximum atomic E-state index is 13.2. The predicted octanol–water partition coefficient (Wildman–Crippen LogP) is 4.55. The van der Waals surface area contributed by atoms with Crippen LogP contribution in [0.1, 0.15) is 47.1 Å². The smallest absolute Gasteiger partial charge is 0.262 e. The molecule has 1 fully saturated rings. The number of piperidine rings is 1. The van der Waals surface area contributed by atoms with Gasteiger partial charge in [-0.15, -0.1) is 0 Å². The third-order valence-electron chi connectivity index (χ3n) is 5.64. The SMILES string of the molecule is Cc1ccc(NS(=O)(=O)c2c(C)c(C)cc(C)c2C)cc1N1CCCCC1=O. The largest absolute Gasteiger partial charge is 0.312 e. The van der Waals surface area contributed by atoms with Crippen LogP contribution in [0.25, 0.3) is 0 Å². The van der Waals surface area contributed by atoms with Crippen LogP contribution in [0.2, 0.25) is 0 Å². The fourth-order valence-electron chi connectivity index (χ4n) is 3.81. The van der Waals surface area contributed by atoms with Crippen LogP contribution < -0.4 is 9.62 Å². The van der Waals surface area contributed by atoms with Crippen LogP contribution in [-0.2, 0) is 14.8 Å². The third kappa shape index (κ3) is 3.78. The van der Waals surface area contributed by atoms with Gasteiger partial charge in [0, 0.05) is 18.7 Å². The van der Waals surface area contributed by atoms with E-state index < -0.39 is 10.0 Å². The molecular formula is C22H28N2O3S. The van der Waals surface area contributed by atoms with Crippen molar-refractivity contribution in [3.63, 3.8) is 0 Å². The molecule has 28 heavy (non-hydrogen) atoms. The van der Waals surface area contributed by atoms with E-state index in [1.807, 2.05) is 46.8 Å². The zero-order valence-electron chi connectivity index (χ0n) is 17.2. The Morgan fingerprint density at radius 1 is 0.893 bits per heavy atom. The van der Waals surface area contributed by atoms with Crippen molar-refractivity contribution in [2.75, 3.05) is 16.2 Å².